The van der Waals surface area contributed by atoms with Gasteiger partial charge in [0.05, 0.1) is 0 Å². The standard InChI is InChI=1S/C42H26O/c1-2-16-30-27(12-1)13-10-22-31(30)28-14-9-15-29(26-28)40-33-18-3-5-20-35(33)41(36-21-6-4-19-34(36)40)38-24-11-23-37-32-17-7-8-25-39(32)43-42(37)38/h1-26H. The summed E-state index contributed by atoms with van der Waals surface area (Å²) in [6.07, 6.45) is 0. The van der Waals surface area contributed by atoms with Gasteiger partial charge in [0.1, 0.15) is 11.2 Å². The number of hydrogen-bond acceptors (Lipinski definition) is 1. The van der Waals surface area contributed by atoms with Crippen LogP contribution in [0.2, 0.25) is 0 Å². The zero-order valence-electron chi connectivity index (χ0n) is 23.4. The van der Waals surface area contributed by atoms with E-state index in [1.165, 1.54) is 60.1 Å². The van der Waals surface area contributed by atoms with E-state index in [4.69, 9.17) is 4.42 Å². The number of hydrogen-bond donors (Lipinski definition) is 0. The van der Waals surface area contributed by atoms with Crippen molar-refractivity contribution in [1.82, 2.24) is 0 Å². The van der Waals surface area contributed by atoms with Crippen LogP contribution in [0, 0.1) is 0 Å². The quantitative estimate of drug-likeness (QED) is 0.201. The Bertz CT molecular complexity index is 2450. The molecule has 0 atom stereocenters. The third-order valence-electron chi connectivity index (χ3n) is 8.86. The van der Waals surface area contributed by atoms with Gasteiger partial charge in [0, 0.05) is 21.9 Å². The molecule has 8 aromatic carbocycles. The van der Waals surface area contributed by atoms with Gasteiger partial charge in [-0.25, -0.2) is 0 Å². The Morgan fingerprint density at radius 3 is 1.60 bits per heavy atom. The molecule has 1 heterocycles. The molecule has 1 heteroatoms. The fourth-order valence-electron chi connectivity index (χ4n) is 6.99. The average molecular weight is 547 g/mol. The Balaban J connectivity index is 1.35. The van der Waals surface area contributed by atoms with Crippen molar-refractivity contribution in [3.05, 3.63) is 158 Å². The second-order valence-electron chi connectivity index (χ2n) is 11.2. The molecular formula is C42H26O. The molecule has 0 N–H and O–H groups in total. The number of rotatable bonds is 3. The van der Waals surface area contributed by atoms with Crippen molar-refractivity contribution >= 4 is 54.3 Å². The average Bonchev–Trinajstić information content (AvgIpc) is 3.46. The topological polar surface area (TPSA) is 13.1 Å². The molecule has 0 saturated heterocycles. The minimum Gasteiger partial charge on any atom is -0.455 e. The lowest BCUT2D eigenvalue weighted by Crippen LogP contribution is -1.91. The molecule has 200 valence electrons. The first-order valence-corrected chi connectivity index (χ1v) is 14.8. The van der Waals surface area contributed by atoms with Gasteiger partial charge in [-0.3, -0.25) is 0 Å². The zero-order chi connectivity index (χ0) is 28.3. The second kappa shape index (κ2) is 9.44. The summed E-state index contributed by atoms with van der Waals surface area (Å²) in [6.45, 7) is 0. The molecule has 0 unspecified atom stereocenters. The van der Waals surface area contributed by atoms with Crippen LogP contribution in [0.15, 0.2) is 162 Å². The monoisotopic (exact) mass is 546 g/mol. The van der Waals surface area contributed by atoms with Gasteiger partial charge in [0.2, 0.25) is 0 Å². The number of para-hydroxylation sites is 2. The molecule has 0 saturated carbocycles. The lowest BCUT2D eigenvalue weighted by atomic mass is 9.85. The Hall–Kier alpha value is -5.66. The largest absolute Gasteiger partial charge is 0.455 e. The molecule has 0 amide bonds. The first-order valence-electron chi connectivity index (χ1n) is 14.8. The van der Waals surface area contributed by atoms with Crippen LogP contribution in [0.4, 0.5) is 0 Å². The van der Waals surface area contributed by atoms with Crippen molar-refractivity contribution in [2.75, 3.05) is 0 Å². The van der Waals surface area contributed by atoms with Crippen LogP contribution < -0.4 is 0 Å². The van der Waals surface area contributed by atoms with Gasteiger partial charge in [-0.1, -0.05) is 146 Å². The van der Waals surface area contributed by atoms with E-state index in [1.54, 1.807) is 0 Å². The highest BCUT2D eigenvalue weighted by atomic mass is 16.3. The summed E-state index contributed by atoms with van der Waals surface area (Å²) in [5.41, 5.74) is 9.13. The summed E-state index contributed by atoms with van der Waals surface area (Å²) in [5.74, 6) is 0. The predicted octanol–water partition coefficient (Wildman–Crippen LogP) is 12.0. The Morgan fingerprint density at radius 1 is 0.326 bits per heavy atom. The van der Waals surface area contributed by atoms with Crippen LogP contribution >= 0.6 is 0 Å². The van der Waals surface area contributed by atoms with Crippen LogP contribution in [0.3, 0.4) is 0 Å². The zero-order valence-corrected chi connectivity index (χ0v) is 23.4. The van der Waals surface area contributed by atoms with E-state index in [0.29, 0.717) is 0 Å². The third-order valence-corrected chi connectivity index (χ3v) is 8.86. The van der Waals surface area contributed by atoms with E-state index in [9.17, 15) is 0 Å². The minimum absolute atomic E-state index is 0.917. The molecule has 0 radical (unpaired) electrons. The van der Waals surface area contributed by atoms with Gasteiger partial charge in [0.15, 0.2) is 0 Å². The number of furan rings is 1. The first kappa shape index (κ1) is 24.0. The summed E-state index contributed by atoms with van der Waals surface area (Å²) >= 11 is 0. The Labute approximate surface area is 249 Å². The van der Waals surface area contributed by atoms with E-state index >= 15 is 0 Å². The van der Waals surface area contributed by atoms with E-state index in [-0.39, 0.29) is 0 Å². The van der Waals surface area contributed by atoms with E-state index in [1.807, 2.05) is 6.07 Å². The van der Waals surface area contributed by atoms with Gasteiger partial charge in [-0.2, -0.15) is 0 Å². The van der Waals surface area contributed by atoms with Crippen LogP contribution in [0.25, 0.3) is 87.6 Å². The third kappa shape index (κ3) is 3.65. The van der Waals surface area contributed by atoms with Gasteiger partial charge in [-0.05, 0) is 66.7 Å². The molecule has 9 rings (SSSR count). The van der Waals surface area contributed by atoms with Gasteiger partial charge < -0.3 is 4.42 Å². The molecule has 0 fully saturated rings. The lowest BCUT2D eigenvalue weighted by molar-refractivity contribution is 0.670. The van der Waals surface area contributed by atoms with E-state index in [2.05, 4.69) is 152 Å². The van der Waals surface area contributed by atoms with Gasteiger partial charge in [0.25, 0.3) is 0 Å². The molecule has 0 bridgehead atoms. The van der Waals surface area contributed by atoms with Crippen molar-refractivity contribution in [2.24, 2.45) is 0 Å². The van der Waals surface area contributed by atoms with Crippen molar-refractivity contribution < 1.29 is 4.42 Å². The van der Waals surface area contributed by atoms with Crippen LogP contribution in [0.5, 0.6) is 0 Å². The van der Waals surface area contributed by atoms with Crippen LogP contribution in [0.1, 0.15) is 0 Å². The highest BCUT2D eigenvalue weighted by Crippen LogP contribution is 2.46. The highest BCUT2D eigenvalue weighted by molar-refractivity contribution is 6.24. The first-order chi connectivity index (χ1) is 21.3. The maximum Gasteiger partial charge on any atom is 0.143 e. The molecule has 43 heavy (non-hydrogen) atoms. The van der Waals surface area contributed by atoms with Crippen LogP contribution in [-0.4, -0.2) is 0 Å². The Kier molecular flexibility index (Phi) is 5.27. The summed E-state index contributed by atoms with van der Waals surface area (Å²) < 4.78 is 6.55. The highest BCUT2D eigenvalue weighted by Gasteiger charge is 2.20. The lowest BCUT2D eigenvalue weighted by Gasteiger charge is -2.18. The number of benzene rings is 8. The van der Waals surface area contributed by atoms with Crippen molar-refractivity contribution in [2.45, 2.75) is 0 Å². The van der Waals surface area contributed by atoms with Gasteiger partial charge >= 0.3 is 0 Å². The molecule has 1 aromatic heterocycles. The summed E-state index contributed by atoms with van der Waals surface area (Å²) in [5, 5.41) is 9.73. The Morgan fingerprint density at radius 2 is 0.837 bits per heavy atom. The molecule has 0 spiro atoms. The maximum atomic E-state index is 6.55. The summed E-state index contributed by atoms with van der Waals surface area (Å²) in [7, 11) is 0. The van der Waals surface area contributed by atoms with E-state index < -0.39 is 0 Å². The molecular weight excluding hydrogens is 520 g/mol. The van der Waals surface area contributed by atoms with Crippen molar-refractivity contribution in [1.29, 1.82) is 0 Å². The summed E-state index contributed by atoms with van der Waals surface area (Å²) in [4.78, 5) is 0. The predicted molar refractivity (Wildman–Crippen MR) is 183 cm³/mol. The molecule has 0 aliphatic rings. The van der Waals surface area contributed by atoms with Crippen LogP contribution in [-0.2, 0) is 0 Å². The van der Waals surface area contributed by atoms with E-state index in [0.717, 1.165) is 27.5 Å². The second-order valence-corrected chi connectivity index (χ2v) is 11.2. The molecule has 9 aromatic rings. The fraction of sp³-hybridized carbons (Fsp3) is 0. The fourth-order valence-corrected chi connectivity index (χ4v) is 6.99. The molecule has 1 nitrogen and oxygen atoms in total. The molecule has 0 aliphatic heterocycles. The number of fused-ring (bicyclic) bond motifs is 6. The summed E-state index contributed by atoms with van der Waals surface area (Å²) in [6, 6.07) is 56.8. The smallest absolute Gasteiger partial charge is 0.143 e. The maximum absolute atomic E-state index is 6.55. The van der Waals surface area contributed by atoms with Crippen molar-refractivity contribution in [3.63, 3.8) is 0 Å². The van der Waals surface area contributed by atoms with Crippen molar-refractivity contribution in [3.8, 4) is 33.4 Å². The SMILES string of the molecule is c1cc(-c2cccc3ccccc23)cc(-c2c3ccccc3c(-c3cccc4c3oc3ccccc34)c3ccccc23)c1. The molecule has 0 aliphatic carbocycles. The van der Waals surface area contributed by atoms with Gasteiger partial charge in [-0.15, -0.1) is 0 Å². The minimum atomic E-state index is 0.917. The normalized spacial score (nSPS) is 11.7.